The second-order valence-corrected chi connectivity index (χ2v) is 6.94. The molecule has 0 heterocycles. The van der Waals surface area contributed by atoms with Crippen LogP contribution in [-0.4, -0.2) is 38.1 Å². The number of nitrogens with one attached hydrogen (secondary N) is 1. The molecule has 0 saturated carbocycles. The standard InChI is InChI=1S/C20H24ClFN2O2/c1-13-8-14(2)10-15(9-13)26-12-19(25)23-11-18(24(3)4)20-16(21)6-5-7-17(20)22/h5-10,18H,11-12H2,1-4H3,(H,23,25)/t18-/m0/s1. The molecule has 0 saturated heterocycles. The Hall–Kier alpha value is -2.11. The van der Waals surface area contributed by atoms with Gasteiger partial charge in [-0.2, -0.15) is 0 Å². The van der Waals surface area contributed by atoms with Crippen LogP contribution in [0.4, 0.5) is 4.39 Å². The summed E-state index contributed by atoms with van der Waals surface area (Å²) in [5.41, 5.74) is 2.51. The topological polar surface area (TPSA) is 41.6 Å². The monoisotopic (exact) mass is 378 g/mol. The second kappa shape index (κ2) is 9.01. The maximum Gasteiger partial charge on any atom is 0.258 e. The Morgan fingerprint density at radius 2 is 1.88 bits per heavy atom. The number of halogens is 2. The van der Waals surface area contributed by atoms with E-state index in [1.165, 1.54) is 6.07 Å². The molecule has 6 heteroatoms. The van der Waals surface area contributed by atoms with Crippen LogP contribution in [-0.2, 0) is 4.79 Å². The predicted octanol–water partition coefficient (Wildman–Crippen LogP) is 3.89. The van der Waals surface area contributed by atoms with Gasteiger partial charge in [0.05, 0.1) is 6.04 Å². The van der Waals surface area contributed by atoms with Gasteiger partial charge in [0.1, 0.15) is 11.6 Å². The number of amides is 1. The largest absolute Gasteiger partial charge is 0.484 e. The van der Waals surface area contributed by atoms with E-state index >= 15 is 0 Å². The lowest BCUT2D eigenvalue weighted by atomic mass is 10.1. The molecule has 0 radical (unpaired) electrons. The molecule has 0 aliphatic heterocycles. The van der Waals surface area contributed by atoms with Gasteiger partial charge in [0.15, 0.2) is 6.61 Å². The maximum absolute atomic E-state index is 14.2. The van der Waals surface area contributed by atoms with Crippen LogP contribution in [0.15, 0.2) is 36.4 Å². The van der Waals surface area contributed by atoms with Crippen molar-refractivity contribution in [1.82, 2.24) is 10.2 Å². The van der Waals surface area contributed by atoms with Crippen molar-refractivity contribution in [2.45, 2.75) is 19.9 Å². The van der Waals surface area contributed by atoms with E-state index in [0.717, 1.165) is 11.1 Å². The van der Waals surface area contributed by atoms with Crippen LogP contribution in [0.2, 0.25) is 5.02 Å². The fraction of sp³-hybridized carbons (Fsp3) is 0.350. The van der Waals surface area contributed by atoms with Gasteiger partial charge in [0.25, 0.3) is 5.91 Å². The minimum Gasteiger partial charge on any atom is -0.484 e. The normalized spacial score (nSPS) is 12.1. The van der Waals surface area contributed by atoms with Gasteiger partial charge >= 0.3 is 0 Å². The zero-order valence-corrected chi connectivity index (χ0v) is 16.2. The Labute approximate surface area is 158 Å². The summed E-state index contributed by atoms with van der Waals surface area (Å²) in [7, 11) is 3.62. The molecule has 0 spiro atoms. The van der Waals surface area contributed by atoms with E-state index in [2.05, 4.69) is 5.32 Å². The summed E-state index contributed by atoms with van der Waals surface area (Å²) < 4.78 is 19.7. The van der Waals surface area contributed by atoms with Crippen molar-refractivity contribution < 1.29 is 13.9 Å². The molecule has 0 aliphatic carbocycles. The first-order valence-electron chi connectivity index (χ1n) is 8.36. The van der Waals surface area contributed by atoms with Gasteiger partial charge in [0, 0.05) is 17.1 Å². The third-order valence-electron chi connectivity index (χ3n) is 4.01. The highest BCUT2D eigenvalue weighted by Gasteiger charge is 2.21. The van der Waals surface area contributed by atoms with E-state index in [1.54, 1.807) is 12.1 Å². The van der Waals surface area contributed by atoms with Crippen molar-refractivity contribution in [3.05, 3.63) is 63.9 Å². The summed E-state index contributed by atoms with van der Waals surface area (Å²) in [6, 6.07) is 9.97. The summed E-state index contributed by atoms with van der Waals surface area (Å²) in [4.78, 5) is 13.9. The Kier molecular flexibility index (Phi) is 7.00. The molecular formula is C20H24ClFN2O2. The van der Waals surface area contributed by atoms with E-state index in [4.69, 9.17) is 16.3 Å². The van der Waals surface area contributed by atoms with E-state index in [0.29, 0.717) is 16.3 Å². The van der Waals surface area contributed by atoms with Crippen LogP contribution >= 0.6 is 11.6 Å². The highest BCUT2D eigenvalue weighted by Crippen LogP contribution is 2.28. The molecule has 4 nitrogen and oxygen atoms in total. The minimum absolute atomic E-state index is 0.103. The molecule has 140 valence electrons. The molecule has 0 bridgehead atoms. The molecule has 0 fully saturated rings. The van der Waals surface area contributed by atoms with Crippen molar-refractivity contribution in [2.75, 3.05) is 27.2 Å². The van der Waals surface area contributed by atoms with E-state index in [9.17, 15) is 9.18 Å². The number of nitrogens with zero attached hydrogens (tertiary/aromatic N) is 1. The SMILES string of the molecule is Cc1cc(C)cc(OCC(=O)NC[C@@H](c2c(F)cccc2Cl)N(C)C)c1. The molecule has 26 heavy (non-hydrogen) atoms. The van der Waals surface area contributed by atoms with E-state index in [1.807, 2.05) is 51.0 Å². The first-order chi connectivity index (χ1) is 12.3. The molecule has 2 aromatic carbocycles. The number of carbonyl (C=O) groups excluding carboxylic acids is 1. The van der Waals surface area contributed by atoms with Crippen molar-refractivity contribution in [3.8, 4) is 5.75 Å². The van der Waals surface area contributed by atoms with Crippen molar-refractivity contribution >= 4 is 17.5 Å². The zero-order valence-electron chi connectivity index (χ0n) is 15.5. The maximum atomic E-state index is 14.2. The third kappa shape index (κ3) is 5.44. The summed E-state index contributed by atoms with van der Waals surface area (Å²) in [5.74, 6) is -0.0145. The number of hydrogen-bond acceptors (Lipinski definition) is 3. The number of carbonyl (C=O) groups is 1. The zero-order chi connectivity index (χ0) is 19.3. The summed E-state index contributed by atoms with van der Waals surface area (Å²) in [5, 5.41) is 3.12. The molecule has 1 amide bonds. The highest BCUT2D eigenvalue weighted by atomic mass is 35.5. The molecule has 1 atom stereocenters. The van der Waals surface area contributed by atoms with E-state index in [-0.39, 0.29) is 25.1 Å². The Morgan fingerprint density at radius 3 is 2.46 bits per heavy atom. The van der Waals surface area contributed by atoms with Crippen LogP contribution in [0.25, 0.3) is 0 Å². The van der Waals surface area contributed by atoms with Crippen LogP contribution < -0.4 is 10.1 Å². The predicted molar refractivity (Wildman–Crippen MR) is 102 cm³/mol. The number of hydrogen-bond donors (Lipinski definition) is 1. The summed E-state index contributed by atoms with van der Waals surface area (Å²) >= 11 is 6.15. The second-order valence-electron chi connectivity index (χ2n) is 6.53. The summed E-state index contributed by atoms with van der Waals surface area (Å²) in [6.45, 7) is 4.07. The van der Waals surface area contributed by atoms with Gasteiger partial charge in [-0.05, 0) is 63.3 Å². The number of rotatable bonds is 7. The molecular weight excluding hydrogens is 355 g/mol. The van der Waals surface area contributed by atoms with Gasteiger partial charge in [-0.15, -0.1) is 0 Å². The van der Waals surface area contributed by atoms with Crippen molar-refractivity contribution in [3.63, 3.8) is 0 Å². The van der Waals surface area contributed by atoms with Gasteiger partial charge in [-0.25, -0.2) is 4.39 Å². The quantitative estimate of drug-likeness (QED) is 0.794. The van der Waals surface area contributed by atoms with E-state index < -0.39 is 5.82 Å². The Balaban J connectivity index is 1.97. The Bertz CT molecular complexity index is 740. The van der Waals surface area contributed by atoms with Crippen molar-refractivity contribution in [2.24, 2.45) is 0 Å². The molecule has 1 N–H and O–H groups in total. The average Bonchev–Trinajstić information content (AvgIpc) is 2.54. The first kappa shape index (κ1) is 20.2. The summed E-state index contributed by atoms with van der Waals surface area (Å²) in [6.07, 6.45) is 0. The van der Waals surface area contributed by atoms with Gasteiger partial charge in [-0.3, -0.25) is 4.79 Å². The first-order valence-corrected chi connectivity index (χ1v) is 8.74. The smallest absolute Gasteiger partial charge is 0.258 e. The molecule has 0 unspecified atom stereocenters. The average molecular weight is 379 g/mol. The third-order valence-corrected chi connectivity index (χ3v) is 4.34. The van der Waals surface area contributed by atoms with Crippen LogP contribution in [0.3, 0.4) is 0 Å². The van der Waals surface area contributed by atoms with Crippen molar-refractivity contribution in [1.29, 1.82) is 0 Å². The number of aryl methyl sites for hydroxylation is 2. The fourth-order valence-electron chi connectivity index (χ4n) is 2.80. The fourth-order valence-corrected chi connectivity index (χ4v) is 3.09. The Morgan fingerprint density at radius 1 is 1.23 bits per heavy atom. The van der Waals surface area contributed by atoms with Crippen LogP contribution in [0.5, 0.6) is 5.75 Å². The minimum atomic E-state index is -0.392. The number of likely N-dealkylation sites (N-methyl/N-ethyl adjacent to an activating group) is 1. The van der Waals surface area contributed by atoms with Gasteiger partial charge in [-0.1, -0.05) is 23.7 Å². The molecule has 2 aromatic rings. The van der Waals surface area contributed by atoms with Gasteiger partial charge in [0.2, 0.25) is 0 Å². The number of benzene rings is 2. The highest BCUT2D eigenvalue weighted by molar-refractivity contribution is 6.31. The molecule has 2 rings (SSSR count). The molecule has 0 aliphatic rings. The molecule has 0 aromatic heterocycles. The lowest BCUT2D eigenvalue weighted by molar-refractivity contribution is -0.123. The van der Waals surface area contributed by atoms with Crippen LogP contribution in [0, 0.1) is 19.7 Å². The lowest BCUT2D eigenvalue weighted by Gasteiger charge is -2.26. The van der Waals surface area contributed by atoms with Gasteiger partial charge < -0.3 is 15.0 Å². The number of ether oxygens (including phenoxy) is 1. The lowest BCUT2D eigenvalue weighted by Crippen LogP contribution is -2.37. The van der Waals surface area contributed by atoms with Crippen LogP contribution in [0.1, 0.15) is 22.7 Å².